The van der Waals surface area contributed by atoms with Gasteiger partial charge >= 0.3 is 0 Å². The maximum Gasteiger partial charge on any atom is 0.185 e. The second kappa shape index (κ2) is 2.64. The first kappa shape index (κ1) is 7.67. The highest BCUT2D eigenvalue weighted by atomic mass is 16.1. The van der Waals surface area contributed by atoms with Crippen molar-refractivity contribution in [3.63, 3.8) is 0 Å². The normalized spacial score (nSPS) is 16.0. The van der Waals surface area contributed by atoms with Crippen LogP contribution in [-0.2, 0) is 0 Å². The number of aromatic amines is 1. The van der Waals surface area contributed by atoms with Gasteiger partial charge in [-0.3, -0.25) is 4.79 Å². The molecule has 0 unspecified atom stereocenters. The van der Waals surface area contributed by atoms with Gasteiger partial charge in [-0.2, -0.15) is 0 Å². The third-order valence-corrected chi connectivity index (χ3v) is 2.46. The highest BCUT2D eigenvalue weighted by Gasteiger charge is 2.31. The maximum absolute atomic E-state index is 11.7. The molecule has 0 aliphatic heterocycles. The van der Waals surface area contributed by atoms with Crippen molar-refractivity contribution in [3.8, 4) is 0 Å². The SMILES string of the molecule is O=C(c1cnc2[nH]ccc2n1)C1CC1. The molecular weight excluding hydrogens is 178 g/mol. The quantitative estimate of drug-likeness (QED) is 0.725. The van der Waals surface area contributed by atoms with Gasteiger partial charge in [0.1, 0.15) is 11.2 Å². The lowest BCUT2D eigenvalue weighted by atomic mass is 10.2. The lowest BCUT2D eigenvalue weighted by Gasteiger charge is -1.96. The van der Waals surface area contributed by atoms with E-state index >= 15 is 0 Å². The predicted octanol–water partition coefficient (Wildman–Crippen LogP) is 1.55. The molecule has 0 spiro atoms. The number of hydrogen-bond acceptors (Lipinski definition) is 3. The molecule has 0 atom stereocenters. The molecule has 1 aliphatic carbocycles. The Morgan fingerprint density at radius 1 is 1.50 bits per heavy atom. The Morgan fingerprint density at radius 3 is 3.14 bits per heavy atom. The van der Waals surface area contributed by atoms with Crippen LogP contribution in [0.2, 0.25) is 0 Å². The third-order valence-electron chi connectivity index (χ3n) is 2.46. The van der Waals surface area contributed by atoms with Crippen LogP contribution >= 0.6 is 0 Å². The number of carbonyl (C=O) groups excluding carboxylic acids is 1. The van der Waals surface area contributed by atoms with E-state index in [-0.39, 0.29) is 11.7 Å². The molecule has 1 N–H and O–H groups in total. The number of rotatable bonds is 2. The molecule has 4 heteroatoms. The molecule has 2 aromatic rings. The van der Waals surface area contributed by atoms with Gasteiger partial charge in [-0.1, -0.05) is 0 Å². The van der Waals surface area contributed by atoms with Crippen LogP contribution in [0.1, 0.15) is 23.3 Å². The van der Waals surface area contributed by atoms with Gasteiger partial charge in [0.05, 0.1) is 6.20 Å². The van der Waals surface area contributed by atoms with E-state index in [1.54, 1.807) is 12.4 Å². The number of aromatic nitrogens is 3. The first-order chi connectivity index (χ1) is 6.84. The van der Waals surface area contributed by atoms with Gasteiger partial charge in [0.2, 0.25) is 0 Å². The minimum atomic E-state index is 0.139. The summed E-state index contributed by atoms with van der Waals surface area (Å²) in [4.78, 5) is 23.0. The van der Waals surface area contributed by atoms with Crippen molar-refractivity contribution in [1.82, 2.24) is 15.0 Å². The van der Waals surface area contributed by atoms with E-state index in [1.807, 2.05) is 6.07 Å². The smallest absolute Gasteiger partial charge is 0.185 e. The average Bonchev–Trinajstić information content (AvgIpc) is 2.95. The van der Waals surface area contributed by atoms with Crippen molar-refractivity contribution in [2.75, 3.05) is 0 Å². The van der Waals surface area contributed by atoms with Gasteiger partial charge in [0.25, 0.3) is 0 Å². The minimum Gasteiger partial charge on any atom is -0.345 e. The van der Waals surface area contributed by atoms with E-state index in [1.165, 1.54) is 0 Å². The molecule has 0 bridgehead atoms. The van der Waals surface area contributed by atoms with E-state index in [2.05, 4.69) is 15.0 Å². The lowest BCUT2D eigenvalue weighted by Crippen LogP contribution is -2.04. The largest absolute Gasteiger partial charge is 0.345 e. The molecule has 2 aromatic heterocycles. The highest BCUT2D eigenvalue weighted by molar-refractivity contribution is 5.98. The minimum absolute atomic E-state index is 0.139. The van der Waals surface area contributed by atoms with Crippen LogP contribution in [0.4, 0.5) is 0 Å². The first-order valence-electron chi connectivity index (χ1n) is 4.69. The van der Waals surface area contributed by atoms with Crippen molar-refractivity contribution < 1.29 is 4.79 Å². The molecule has 4 nitrogen and oxygen atoms in total. The fraction of sp³-hybridized carbons (Fsp3) is 0.300. The summed E-state index contributed by atoms with van der Waals surface area (Å²) in [5.41, 5.74) is 1.99. The van der Waals surface area contributed by atoms with Crippen LogP contribution in [0.3, 0.4) is 0 Å². The Hall–Kier alpha value is -1.71. The fourth-order valence-corrected chi connectivity index (χ4v) is 1.50. The Balaban J connectivity index is 2.07. The summed E-state index contributed by atoms with van der Waals surface area (Å²) in [6.45, 7) is 0. The number of carbonyl (C=O) groups is 1. The molecular formula is C10H9N3O. The molecule has 0 amide bonds. The second-order valence-electron chi connectivity index (χ2n) is 3.61. The highest BCUT2D eigenvalue weighted by Crippen LogP contribution is 2.32. The average molecular weight is 187 g/mol. The first-order valence-corrected chi connectivity index (χ1v) is 4.69. The van der Waals surface area contributed by atoms with Crippen LogP contribution in [0.5, 0.6) is 0 Å². The van der Waals surface area contributed by atoms with E-state index in [9.17, 15) is 4.79 Å². The number of fused-ring (bicyclic) bond motifs is 1. The van der Waals surface area contributed by atoms with Gasteiger partial charge in [0.15, 0.2) is 11.4 Å². The fourth-order valence-electron chi connectivity index (χ4n) is 1.50. The lowest BCUT2D eigenvalue weighted by molar-refractivity contribution is 0.0963. The van der Waals surface area contributed by atoms with Gasteiger partial charge in [-0.25, -0.2) is 9.97 Å². The predicted molar refractivity (Wildman–Crippen MR) is 50.9 cm³/mol. The number of hydrogen-bond donors (Lipinski definition) is 1. The zero-order chi connectivity index (χ0) is 9.54. The van der Waals surface area contributed by atoms with Crippen molar-refractivity contribution in [2.45, 2.75) is 12.8 Å². The summed E-state index contributed by atoms with van der Waals surface area (Å²) in [7, 11) is 0. The second-order valence-corrected chi connectivity index (χ2v) is 3.61. The summed E-state index contributed by atoms with van der Waals surface area (Å²) < 4.78 is 0. The Bertz CT molecular complexity index is 499. The number of H-pyrrole nitrogens is 1. The standard InChI is InChI=1S/C10H9N3O/c14-9(6-1-2-6)8-5-12-10-7(13-8)3-4-11-10/h3-6H,1-2H2,(H,11,12). The van der Waals surface area contributed by atoms with Gasteiger partial charge in [0, 0.05) is 12.1 Å². The van der Waals surface area contributed by atoms with Crippen LogP contribution in [0, 0.1) is 5.92 Å². The van der Waals surface area contributed by atoms with Crippen LogP contribution in [0.15, 0.2) is 18.5 Å². The molecule has 1 saturated carbocycles. The molecule has 14 heavy (non-hydrogen) atoms. The van der Waals surface area contributed by atoms with Crippen molar-refractivity contribution in [3.05, 3.63) is 24.2 Å². The van der Waals surface area contributed by atoms with Gasteiger partial charge in [-0.15, -0.1) is 0 Å². The number of ketones is 1. The number of nitrogens with one attached hydrogen (secondary N) is 1. The molecule has 0 saturated heterocycles. The van der Waals surface area contributed by atoms with Crippen LogP contribution in [-0.4, -0.2) is 20.7 Å². The summed E-state index contributed by atoms with van der Waals surface area (Å²) in [6, 6.07) is 1.83. The zero-order valence-electron chi connectivity index (χ0n) is 7.53. The third kappa shape index (κ3) is 1.11. The van der Waals surface area contributed by atoms with E-state index in [0.717, 1.165) is 24.0 Å². The molecule has 1 aliphatic rings. The number of nitrogens with zero attached hydrogens (tertiary/aromatic N) is 2. The summed E-state index contributed by atoms with van der Waals surface area (Å²) in [5, 5.41) is 0. The molecule has 2 heterocycles. The molecule has 0 aromatic carbocycles. The molecule has 70 valence electrons. The molecule has 3 rings (SSSR count). The van der Waals surface area contributed by atoms with Crippen LogP contribution < -0.4 is 0 Å². The van der Waals surface area contributed by atoms with E-state index in [4.69, 9.17) is 0 Å². The van der Waals surface area contributed by atoms with Gasteiger partial charge < -0.3 is 4.98 Å². The molecule has 1 fully saturated rings. The Kier molecular flexibility index (Phi) is 1.45. The van der Waals surface area contributed by atoms with Crippen LogP contribution in [0.25, 0.3) is 11.2 Å². The maximum atomic E-state index is 11.7. The van der Waals surface area contributed by atoms with Crippen molar-refractivity contribution in [1.29, 1.82) is 0 Å². The van der Waals surface area contributed by atoms with Gasteiger partial charge in [-0.05, 0) is 18.9 Å². The summed E-state index contributed by atoms with van der Waals surface area (Å²) >= 11 is 0. The van der Waals surface area contributed by atoms with E-state index < -0.39 is 0 Å². The summed E-state index contributed by atoms with van der Waals surface area (Å²) in [6.07, 6.45) is 5.34. The Labute approximate surface area is 80.4 Å². The van der Waals surface area contributed by atoms with Crippen molar-refractivity contribution in [2.24, 2.45) is 5.92 Å². The number of Topliss-reactive ketones (excluding diaryl/α,β-unsaturated/α-hetero) is 1. The molecule has 0 radical (unpaired) electrons. The zero-order valence-corrected chi connectivity index (χ0v) is 7.53. The Morgan fingerprint density at radius 2 is 2.36 bits per heavy atom. The van der Waals surface area contributed by atoms with E-state index in [0.29, 0.717) is 5.69 Å². The topological polar surface area (TPSA) is 58.6 Å². The van der Waals surface area contributed by atoms with Crippen molar-refractivity contribution >= 4 is 16.9 Å². The monoisotopic (exact) mass is 187 g/mol. The summed E-state index contributed by atoms with van der Waals surface area (Å²) in [5.74, 6) is 0.348.